The number of para-hydroxylation sites is 1. The molecule has 118 valence electrons. The van der Waals surface area contributed by atoms with E-state index in [0.29, 0.717) is 11.0 Å². The summed E-state index contributed by atoms with van der Waals surface area (Å²) in [6.07, 6.45) is 3.63. The monoisotopic (exact) mass is 317 g/mol. The van der Waals surface area contributed by atoms with Gasteiger partial charge in [0.2, 0.25) is 0 Å². The first-order valence-electron chi connectivity index (χ1n) is 7.79. The van der Waals surface area contributed by atoms with Gasteiger partial charge in [0.1, 0.15) is 11.2 Å². The highest BCUT2D eigenvalue weighted by molar-refractivity contribution is 6.62. The quantitative estimate of drug-likeness (QED) is 0.558. The molecule has 0 aliphatic heterocycles. The molecule has 0 saturated heterocycles. The van der Waals surface area contributed by atoms with E-state index in [0.717, 1.165) is 38.6 Å². The van der Waals surface area contributed by atoms with E-state index < -0.39 is 7.12 Å². The second kappa shape index (κ2) is 5.48. The molecule has 0 fully saturated rings. The molecule has 0 unspecified atom stereocenters. The van der Waals surface area contributed by atoms with Crippen LogP contribution in [0.25, 0.3) is 33.1 Å². The Hall–Kier alpha value is -2.63. The maximum Gasteiger partial charge on any atom is 0.492 e. The molecule has 4 aromatic rings. The number of fused-ring (bicyclic) bond motifs is 3. The molecular formula is C19H16BNO3. The number of nitrogens with zero attached hydrogens (tertiary/aromatic N) is 1. The third-order valence-electron chi connectivity index (χ3n) is 4.40. The van der Waals surface area contributed by atoms with Gasteiger partial charge in [-0.15, -0.1) is 0 Å². The summed E-state index contributed by atoms with van der Waals surface area (Å²) in [5, 5.41) is 21.5. The molecule has 24 heavy (non-hydrogen) atoms. The third-order valence-corrected chi connectivity index (χ3v) is 4.40. The van der Waals surface area contributed by atoms with E-state index in [-0.39, 0.29) is 0 Å². The van der Waals surface area contributed by atoms with E-state index in [1.165, 1.54) is 0 Å². The van der Waals surface area contributed by atoms with Gasteiger partial charge in [-0.05, 0) is 48.2 Å². The molecule has 0 atom stereocenters. The number of pyridine rings is 1. The van der Waals surface area contributed by atoms with E-state index in [9.17, 15) is 10.0 Å². The Balaban J connectivity index is 2.13. The van der Waals surface area contributed by atoms with Crippen LogP contribution in [0.5, 0.6) is 0 Å². The van der Waals surface area contributed by atoms with Crippen molar-refractivity contribution in [3.05, 3.63) is 59.9 Å². The fourth-order valence-corrected chi connectivity index (χ4v) is 3.35. The second-order valence-electron chi connectivity index (χ2n) is 6.06. The lowest BCUT2D eigenvalue weighted by Gasteiger charge is -2.11. The third kappa shape index (κ3) is 2.21. The van der Waals surface area contributed by atoms with E-state index >= 15 is 0 Å². The van der Waals surface area contributed by atoms with E-state index in [2.05, 4.69) is 4.98 Å². The highest BCUT2D eigenvalue weighted by Crippen LogP contribution is 2.33. The Kier molecular flexibility index (Phi) is 3.41. The van der Waals surface area contributed by atoms with Gasteiger partial charge in [0, 0.05) is 28.6 Å². The molecule has 0 spiro atoms. The van der Waals surface area contributed by atoms with Crippen LogP contribution in [0.4, 0.5) is 0 Å². The largest absolute Gasteiger partial charge is 0.492 e. The van der Waals surface area contributed by atoms with Gasteiger partial charge >= 0.3 is 7.12 Å². The smallest absolute Gasteiger partial charge is 0.456 e. The Morgan fingerprint density at radius 3 is 2.38 bits per heavy atom. The molecule has 2 aromatic heterocycles. The number of hydrogen-bond donors (Lipinski definition) is 2. The van der Waals surface area contributed by atoms with E-state index in [4.69, 9.17) is 4.42 Å². The number of benzene rings is 2. The first-order valence-corrected chi connectivity index (χ1v) is 7.79. The summed E-state index contributed by atoms with van der Waals surface area (Å²) in [6.45, 7) is 4.00. The van der Waals surface area contributed by atoms with Crippen molar-refractivity contribution in [2.24, 2.45) is 0 Å². The highest BCUT2D eigenvalue weighted by Gasteiger charge is 2.22. The van der Waals surface area contributed by atoms with E-state index in [1.807, 2.05) is 56.6 Å². The first kappa shape index (κ1) is 14.9. The molecule has 0 aliphatic carbocycles. The second-order valence-corrected chi connectivity index (χ2v) is 6.06. The maximum atomic E-state index is 9.84. The predicted octanol–water partition coefficient (Wildman–Crippen LogP) is 2.94. The fraction of sp³-hybridized carbons (Fsp3) is 0.105. The molecule has 0 amide bonds. The van der Waals surface area contributed by atoms with Gasteiger partial charge in [-0.1, -0.05) is 24.3 Å². The van der Waals surface area contributed by atoms with Crippen molar-refractivity contribution in [3.8, 4) is 11.1 Å². The minimum atomic E-state index is -1.60. The minimum Gasteiger partial charge on any atom is -0.456 e. The van der Waals surface area contributed by atoms with Crippen molar-refractivity contribution in [3.63, 3.8) is 0 Å². The van der Waals surface area contributed by atoms with Gasteiger partial charge in [-0.25, -0.2) is 0 Å². The van der Waals surface area contributed by atoms with Crippen molar-refractivity contribution in [1.29, 1.82) is 0 Å². The van der Waals surface area contributed by atoms with Gasteiger partial charge in [-0.3, -0.25) is 4.98 Å². The van der Waals surface area contributed by atoms with Crippen LogP contribution in [0.2, 0.25) is 0 Å². The van der Waals surface area contributed by atoms with E-state index in [1.54, 1.807) is 6.07 Å². The highest BCUT2D eigenvalue weighted by atomic mass is 16.4. The molecule has 0 radical (unpaired) electrons. The average molecular weight is 317 g/mol. The van der Waals surface area contributed by atoms with Crippen molar-refractivity contribution in [2.75, 3.05) is 0 Å². The number of aryl methyl sites for hydroxylation is 2. The SMILES string of the molecule is Cc1cncc(C)c1-c1cc(B(O)O)c2oc3ccccc3c2c1. The van der Waals surface area contributed by atoms with Crippen molar-refractivity contribution < 1.29 is 14.5 Å². The van der Waals surface area contributed by atoms with Crippen LogP contribution in [-0.4, -0.2) is 22.2 Å². The van der Waals surface area contributed by atoms with Gasteiger partial charge in [0.05, 0.1) is 0 Å². The number of furan rings is 1. The first-order chi connectivity index (χ1) is 11.6. The van der Waals surface area contributed by atoms with Crippen LogP contribution in [0.15, 0.2) is 53.2 Å². The van der Waals surface area contributed by atoms with Crippen LogP contribution in [0.1, 0.15) is 11.1 Å². The zero-order valence-electron chi connectivity index (χ0n) is 13.4. The molecule has 4 rings (SSSR count). The molecular weight excluding hydrogens is 301 g/mol. The maximum absolute atomic E-state index is 9.84. The Morgan fingerprint density at radius 2 is 1.67 bits per heavy atom. The van der Waals surface area contributed by atoms with Gasteiger partial charge < -0.3 is 14.5 Å². The zero-order valence-corrected chi connectivity index (χ0v) is 13.4. The fourth-order valence-electron chi connectivity index (χ4n) is 3.35. The number of rotatable bonds is 2. The standard InChI is InChI=1S/C19H16BNO3/c1-11-9-21-10-12(2)18(11)13-7-15-14-5-3-4-6-17(14)24-19(15)16(8-13)20(22)23/h3-10,22-23H,1-2H3. The summed E-state index contributed by atoms with van der Waals surface area (Å²) in [5.41, 5.74) is 5.68. The normalized spacial score (nSPS) is 11.3. The molecule has 0 saturated carbocycles. The summed E-state index contributed by atoms with van der Waals surface area (Å²) in [7, 11) is -1.60. The summed E-state index contributed by atoms with van der Waals surface area (Å²) >= 11 is 0. The van der Waals surface area contributed by atoms with Crippen LogP contribution < -0.4 is 5.46 Å². The van der Waals surface area contributed by atoms with Crippen LogP contribution in [0, 0.1) is 13.8 Å². The molecule has 4 nitrogen and oxygen atoms in total. The molecule has 0 bridgehead atoms. The minimum absolute atomic E-state index is 0.370. The van der Waals surface area contributed by atoms with Crippen LogP contribution >= 0.6 is 0 Å². The Morgan fingerprint density at radius 1 is 0.958 bits per heavy atom. The predicted molar refractivity (Wildman–Crippen MR) is 96.3 cm³/mol. The van der Waals surface area contributed by atoms with Crippen molar-refractivity contribution >= 4 is 34.5 Å². The van der Waals surface area contributed by atoms with Crippen molar-refractivity contribution in [2.45, 2.75) is 13.8 Å². The topological polar surface area (TPSA) is 66.5 Å². The summed E-state index contributed by atoms with van der Waals surface area (Å²) in [4.78, 5) is 4.21. The number of hydrogen-bond acceptors (Lipinski definition) is 4. The molecule has 5 heteroatoms. The zero-order chi connectivity index (χ0) is 16.8. The lowest BCUT2D eigenvalue weighted by molar-refractivity contribution is 0.425. The van der Waals surface area contributed by atoms with Gasteiger partial charge in [-0.2, -0.15) is 0 Å². The summed E-state index contributed by atoms with van der Waals surface area (Å²) < 4.78 is 5.86. The lowest BCUT2D eigenvalue weighted by Crippen LogP contribution is -2.30. The number of aromatic nitrogens is 1. The lowest BCUT2D eigenvalue weighted by atomic mass is 9.77. The summed E-state index contributed by atoms with van der Waals surface area (Å²) in [6, 6.07) is 11.5. The van der Waals surface area contributed by atoms with Crippen LogP contribution in [-0.2, 0) is 0 Å². The molecule has 2 aromatic carbocycles. The Labute approximate surface area is 139 Å². The summed E-state index contributed by atoms with van der Waals surface area (Å²) in [5.74, 6) is 0. The molecule has 2 N–H and O–H groups in total. The van der Waals surface area contributed by atoms with Gasteiger partial charge in [0.25, 0.3) is 0 Å². The molecule has 2 heterocycles. The van der Waals surface area contributed by atoms with Crippen molar-refractivity contribution in [1.82, 2.24) is 4.98 Å². The molecule has 0 aliphatic rings. The van der Waals surface area contributed by atoms with Gasteiger partial charge in [0.15, 0.2) is 0 Å². The Bertz CT molecular complexity index is 1050. The van der Waals surface area contributed by atoms with Crippen LogP contribution in [0.3, 0.4) is 0 Å². The average Bonchev–Trinajstić information content (AvgIpc) is 2.92.